The molecule has 0 aliphatic carbocycles. The highest BCUT2D eigenvalue weighted by Crippen LogP contribution is 2.24. The third-order valence-corrected chi connectivity index (χ3v) is 3.12. The van der Waals surface area contributed by atoms with Crippen LogP contribution in [0.15, 0.2) is 46.9 Å². The molecule has 0 heterocycles. The maximum absolute atomic E-state index is 5.92. The van der Waals surface area contributed by atoms with Crippen molar-refractivity contribution in [3.05, 3.63) is 57.5 Å². The van der Waals surface area contributed by atoms with Gasteiger partial charge in [0.25, 0.3) is 0 Å². The highest BCUT2D eigenvalue weighted by atomic mass is 79.9. The fourth-order valence-corrected chi connectivity index (χ4v) is 2.10. The van der Waals surface area contributed by atoms with E-state index >= 15 is 0 Å². The van der Waals surface area contributed by atoms with E-state index in [2.05, 4.69) is 21.2 Å². The summed E-state index contributed by atoms with van der Waals surface area (Å²) in [5.41, 5.74) is 8.64. The minimum atomic E-state index is 0.696. The quantitative estimate of drug-likeness (QED) is 0.830. The fraction of sp³-hybridized carbons (Fsp3) is 0.0769. The number of anilines is 2. The van der Waals surface area contributed by atoms with Crippen molar-refractivity contribution in [1.29, 1.82) is 0 Å². The zero-order chi connectivity index (χ0) is 12.3. The van der Waals surface area contributed by atoms with Crippen molar-refractivity contribution in [1.82, 2.24) is 0 Å². The van der Waals surface area contributed by atoms with Crippen molar-refractivity contribution in [2.45, 2.75) is 6.54 Å². The molecule has 2 aromatic rings. The summed E-state index contributed by atoms with van der Waals surface area (Å²) in [4.78, 5) is 0. The van der Waals surface area contributed by atoms with E-state index < -0.39 is 0 Å². The Morgan fingerprint density at radius 2 is 2.00 bits per heavy atom. The zero-order valence-electron chi connectivity index (χ0n) is 9.08. The van der Waals surface area contributed by atoms with Crippen molar-refractivity contribution in [2.24, 2.45) is 0 Å². The maximum atomic E-state index is 5.92. The Balaban J connectivity index is 2.09. The van der Waals surface area contributed by atoms with Crippen LogP contribution in [0.5, 0.6) is 0 Å². The van der Waals surface area contributed by atoms with Crippen molar-refractivity contribution in [3.8, 4) is 0 Å². The van der Waals surface area contributed by atoms with Crippen LogP contribution in [0, 0.1) is 0 Å². The van der Waals surface area contributed by atoms with Gasteiger partial charge in [-0.1, -0.05) is 39.7 Å². The fourth-order valence-electron chi connectivity index (χ4n) is 1.53. The molecule has 2 aromatic carbocycles. The number of halogens is 2. The van der Waals surface area contributed by atoms with E-state index in [-0.39, 0.29) is 0 Å². The standard InChI is InChI=1S/C13H12BrClN2/c14-10-4-5-12(16)13(7-10)17-8-9-2-1-3-11(15)6-9/h1-7,17H,8,16H2. The molecule has 0 amide bonds. The van der Waals surface area contributed by atoms with E-state index in [0.717, 1.165) is 26.4 Å². The maximum Gasteiger partial charge on any atom is 0.0587 e. The van der Waals surface area contributed by atoms with Gasteiger partial charge in [0.15, 0.2) is 0 Å². The van der Waals surface area contributed by atoms with Crippen LogP contribution >= 0.6 is 27.5 Å². The van der Waals surface area contributed by atoms with Crippen molar-refractivity contribution in [2.75, 3.05) is 11.1 Å². The van der Waals surface area contributed by atoms with Gasteiger partial charge in [-0.3, -0.25) is 0 Å². The molecule has 0 aliphatic rings. The average molecular weight is 312 g/mol. The third kappa shape index (κ3) is 3.38. The smallest absolute Gasteiger partial charge is 0.0587 e. The first-order valence-electron chi connectivity index (χ1n) is 5.18. The van der Waals surface area contributed by atoms with Gasteiger partial charge in [0.2, 0.25) is 0 Å². The number of hydrogen-bond donors (Lipinski definition) is 2. The lowest BCUT2D eigenvalue weighted by molar-refractivity contribution is 1.15. The molecule has 0 atom stereocenters. The Kier molecular flexibility index (Phi) is 3.92. The monoisotopic (exact) mass is 310 g/mol. The summed E-state index contributed by atoms with van der Waals surface area (Å²) < 4.78 is 1.00. The number of nitrogen functional groups attached to an aromatic ring is 1. The van der Waals surface area contributed by atoms with Crippen LogP contribution in [-0.4, -0.2) is 0 Å². The zero-order valence-corrected chi connectivity index (χ0v) is 11.4. The molecule has 0 aromatic heterocycles. The predicted molar refractivity (Wildman–Crippen MR) is 77.3 cm³/mol. The van der Waals surface area contributed by atoms with Gasteiger partial charge >= 0.3 is 0 Å². The molecule has 2 nitrogen and oxygen atoms in total. The number of nitrogens with two attached hydrogens (primary N) is 1. The minimum Gasteiger partial charge on any atom is -0.397 e. The third-order valence-electron chi connectivity index (χ3n) is 2.39. The average Bonchev–Trinajstić information content (AvgIpc) is 2.30. The van der Waals surface area contributed by atoms with Crippen LogP contribution in [0.2, 0.25) is 5.02 Å². The van der Waals surface area contributed by atoms with Gasteiger partial charge in [-0.25, -0.2) is 0 Å². The molecule has 0 fully saturated rings. The minimum absolute atomic E-state index is 0.696. The Morgan fingerprint density at radius 1 is 1.18 bits per heavy atom. The van der Waals surface area contributed by atoms with Crippen LogP contribution < -0.4 is 11.1 Å². The molecular weight excluding hydrogens is 300 g/mol. The first-order chi connectivity index (χ1) is 8.15. The number of hydrogen-bond acceptors (Lipinski definition) is 2. The van der Waals surface area contributed by atoms with E-state index in [9.17, 15) is 0 Å². The molecular formula is C13H12BrClN2. The van der Waals surface area contributed by atoms with Gasteiger partial charge in [0.1, 0.15) is 0 Å². The Labute approximate surface area is 114 Å². The van der Waals surface area contributed by atoms with Crippen molar-refractivity contribution in [3.63, 3.8) is 0 Å². The van der Waals surface area contributed by atoms with E-state index in [1.807, 2.05) is 42.5 Å². The molecule has 88 valence electrons. The van der Waals surface area contributed by atoms with E-state index in [4.69, 9.17) is 17.3 Å². The van der Waals surface area contributed by atoms with E-state index in [1.54, 1.807) is 0 Å². The van der Waals surface area contributed by atoms with Crippen LogP contribution in [0.1, 0.15) is 5.56 Å². The van der Waals surface area contributed by atoms with Crippen LogP contribution in [0.25, 0.3) is 0 Å². The predicted octanol–water partition coefficient (Wildman–Crippen LogP) is 4.30. The summed E-state index contributed by atoms with van der Waals surface area (Å²) in [6.45, 7) is 0.696. The normalized spacial score (nSPS) is 10.2. The summed E-state index contributed by atoms with van der Waals surface area (Å²) in [7, 11) is 0. The Morgan fingerprint density at radius 3 is 2.76 bits per heavy atom. The van der Waals surface area contributed by atoms with Gasteiger partial charge in [-0.2, -0.15) is 0 Å². The number of rotatable bonds is 3. The lowest BCUT2D eigenvalue weighted by Gasteiger charge is -2.10. The van der Waals surface area contributed by atoms with Crippen LogP contribution in [0.3, 0.4) is 0 Å². The SMILES string of the molecule is Nc1ccc(Br)cc1NCc1cccc(Cl)c1. The van der Waals surface area contributed by atoms with Crippen LogP contribution in [0.4, 0.5) is 11.4 Å². The van der Waals surface area contributed by atoms with Crippen molar-refractivity contribution >= 4 is 38.9 Å². The van der Waals surface area contributed by atoms with Gasteiger partial charge in [-0.05, 0) is 35.9 Å². The van der Waals surface area contributed by atoms with E-state index in [0.29, 0.717) is 6.54 Å². The highest BCUT2D eigenvalue weighted by molar-refractivity contribution is 9.10. The van der Waals surface area contributed by atoms with Gasteiger partial charge in [0.05, 0.1) is 11.4 Å². The Hall–Kier alpha value is -1.19. The first-order valence-corrected chi connectivity index (χ1v) is 6.35. The topological polar surface area (TPSA) is 38.0 Å². The molecule has 3 N–H and O–H groups in total. The molecule has 0 saturated carbocycles. The van der Waals surface area contributed by atoms with Crippen LogP contribution in [-0.2, 0) is 6.54 Å². The summed E-state index contributed by atoms with van der Waals surface area (Å²) in [6, 6.07) is 13.5. The number of benzene rings is 2. The van der Waals surface area contributed by atoms with Gasteiger partial charge in [0, 0.05) is 16.0 Å². The summed E-state index contributed by atoms with van der Waals surface area (Å²) in [5, 5.41) is 4.03. The van der Waals surface area contributed by atoms with Crippen molar-refractivity contribution < 1.29 is 0 Å². The largest absolute Gasteiger partial charge is 0.397 e. The molecule has 0 aliphatic heterocycles. The second kappa shape index (κ2) is 5.43. The first kappa shape index (κ1) is 12.3. The molecule has 0 saturated heterocycles. The lowest BCUT2D eigenvalue weighted by Crippen LogP contribution is -2.02. The molecule has 4 heteroatoms. The van der Waals surface area contributed by atoms with Gasteiger partial charge < -0.3 is 11.1 Å². The van der Waals surface area contributed by atoms with E-state index in [1.165, 1.54) is 0 Å². The van der Waals surface area contributed by atoms with Gasteiger partial charge in [-0.15, -0.1) is 0 Å². The second-order valence-electron chi connectivity index (χ2n) is 3.72. The molecule has 0 bridgehead atoms. The molecule has 2 rings (SSSR count). The number of nitrogens with one attached hydrogen (secondary N) is 1. The molecule has 0 spiro atoms. The summed E-state index contributed by atoms with van der Waals surface area (Å²) in [6.07, 6.45) is 0. The molecule has 0 unspecified atom stereocenters. The highest BCUT2D eigenvalue weighted by Gasteiger charge is 2.00. The summed E-state index contributed by atoms with van der Waals surface area (Å²) >= 11 is 9.34. The molecule has 0 radical (unpaired) electrons. The molecule has 17 heavy (non-hydrogen) atoms. The summed E-state index contributed by atoms with van der Waals surface area (Å²) in [5.74, 6) is 0. The lowest BCUT2D eigenvalue weighted by atomic mass is 10.2. The second-order valence-corrected chi connectivity index (χ2v) is 5.07. The Bertz CT molecular complexity index is 529.